The number of ether oxygens (including phenoxy) is 2. The standard InChI is InChI=1S/C14H18N2O3/c1-9(2)11(8-15)14(17)16-10-5-6-12(18-3)13(7-10)19-4/h5-7,9,11H,1-4H3,(H,16,17). The molecule has 1 aromatic rings. The molecule has 0 saturated heterocycles. The first-order chi connectivity index (χ1) is 9.03. The number of hydrogen-bond donors (Lipinski definition) is 1. The van der Waals surface area contributed by atoms with Crippen molar-refractivity contribution >= 4 is 11.6 Å². The van der Waals surface area contributed by atoms with E-state index in [0.29, 0.717) is 17.2 Å². The van der Waals surface area contributed by atoms with Gasteiger partial charge in [-0.2, -0.15) is 5.26 Å². The number of benzene rings is 1. The smallest absolute Gasteiger partial charge is 0.241 e. The van der Waals surface area contributed by atoms with Crippen molar-refractivity contribution in [2.45, 2.75) is 13.8 Å². The number of nitriles is 1. The second kappa shape index (κ2) is 6.64. The van der Waals surface area contributed by atoms with E-state index in [0.717, 1.165) is 0 Å². The van der Waals surface area contributed by atoms with Crippen molar-refractivity contribution in [3.05, 3.63) is 18.2 Å². The Morgan fingerprint density at radius 3 is 2.37 bits per heavy atom. The van der Waals surface area contributed by atoms with Gasteiger partial charge in [-0.05, 0) is 18.1 Å². The highest BCUT2D eigenvalue weighted by Gasteiger charge is 2.21. The summed E-state index contributed by atoms with van der Waals surface area (Å²) in [7, 11) is 3.07. The molecule has 5 heteroatoms. The summed E-state index contributed by atoms with van der Waals surface area (Å²) in [5.41, 5.74) is 0.573. The number of anilines is 1. The molecule has 19 heavy (non-hydrogen) atoms. The number of nitrogens with one attached hydrogen (secondary N) is 1. The molecule has 0 spiro atoms. The number of methoxy groups -OCH3 is 2. The van der Waals surface area contributed by atoms with E-state index in [1.165, 1.54) is 7.11 Å². The molecule has 0 aromatic heterocycles. The molecule has 0 fully saturated rings. The highest BCUT2D eigenvalue weighted by Crippen LogP contribution is 2.30. The summed E-state index contributed by atoms with van der Waals surface area (Å²) in [6.07, 6.45) is 0. The molecule has 1 rings (SSSR count). The molecule has 0 aliphatic rings. The summed E-state index contributed by atoms with van der Waals surface area (Å²) in [5, 5.41) is 11.7. The van der Waals surface area contributed by atoms with Crippen LogP contribution < -0.4 is 14.8 Å². The molecule has 0 radical (unpaired) electrons. The van der Waals surface area contributed by atoms with Gasteiger partial charge in [0.05, 0.1) is 20.3 Å². The van der Waals surface area contributed by atoms with Crippen LogP contribution in [-0.2, 0) is 4.79 Å². The second-order valence-electron chi connectivity index (χ2n) is 4.41. The maximum Gasteiger partial charge on any atom is 0.241 e. The molecule has 102 valence electrons. The lowest BCUT2D eigenvalue weighted by Gasteiger charge is -2.14. The highest BCUT2D eigenvalue weighted by molar-refractivity contribution is 5.94. The molecule has 1 N–H and O–H groups in total. The average molecular weight is 262 g/mol. The van der Waals surface area contributed by atoms with Crippen LogP contribution in [0.4, 0.5) is 5.69 Å². The molecule has 0 aliphatic carbocycles. The Morgan fingerprint density at radius 1 is 1.26 bits per heavy atom. The van der Waals surface area contributed by atoms with Crippen LogP contribution in [0.2, 0.25) is 0 Å². The van der Waals surface area contributed by atoms with Crippen molar-refractivity contribution in [1.82, 2.24) is 0 Å². The number of amides is 1. The maximum atomic E-state index is 11.9. The summed E-state index contributed by atoms with van der Waals surface area (Å²) >= 11 is 0. The number of nitrogens with zero attached hydrogens (tertiary/aromatic N) is 1. The Kier molecular flexibility index (Phi) is 5.19. The fourth-order valence-corrected chi connectivity index (χ4v) is 1.64. The molecular formula is C14H18N2O3. The van der Waals surface area contributed by atoms with Gasteiger partial charge in [-0.1, -0.05) is 13.8 Å². The van der Waals surface area contributed by atoms with Gasteiger partial charge in [-0.15, -0.1) is 0 Å². The van der Waals surface area contributed by atoms with Crippen molar-refractivity contribution in [2.75, 3.05) is 19.5 Å². The minimum absolute atomic E-state index is 0.0369. The monoisotopic (exact) mass is 262 g/mol. The lowest BCUT2D eigenvalue weighted by atomic mass is 9.96. The van der Waals surface area contributed by atoms with Crippen molar-refractivity contribution in [3.63, 3.8) is 0 Å². The van der Waals surface area contributed by atoms with Crippen LogP contribution in [0.3, 0.4) is 0 Å². The first-order valence-corrected chi connectivity index (χ1v) is 5.96. The summed E-state index contributed by atoms with van der Waals surface area (Å²) in [6.45, 7) is 3.67. The fraction of sp³-hybridized carbons (Fsp3) is 0.429. The third kappa shape index (κ3) is 3.62. The maximum absolute atomic E-state index is 11.9. The Hall–Kier alpha value is -2.22. The number of carbonyl (C=O) groups excluding carboxylic acids is 1. The van der Waals surface area contributed by atoms with Crippen LogP contribution in [0.1, 0.15) is 13.8 Å². The molecule has 0 saturated carbocycles. The highest BCUT2D eigenvalue weighted by atomic mass is 16.5. The third-order valence-electron chi connectivity index (χ3n) is 2.74. The van der Waals surface area contributed by atoms with Crippen LogP contribution in [-0.4, -0.2) is 20.1 Å². The molecule has 1 amide bonds. The molecular weight excluding hydrogens is 244 g/mol. The Bertz CT molecular complexity index is 492. The SMILES string of the molecule is COc1ccc(NC(=O)C(C#N)C(C)C)cc1OC. The third-order valence-corrected chi connectivity index (χ3v) is 2.74. The summed E-state index contributed by atoms with van der Waals surface area (Å²) in [4.78, 5) is 11.9. The minimum atomic E-state index is -0.673. The van der Waals surface area contributed by atoms with E-state index in [1.54, 1.807) is 25.3 Å². The minimum Gasteiger partial charge on any atom is -0.493 e. The van der Waals surface area contributed by atoms with Gasteiger partial charge in [0.1, 0.15) is 5.92 Å². The average Bonchev–Trinajstić information content (AvgIpc) is 2.38. The van der Waals surface area contributed by atoms with Crippen LogP contribution in [0, 0.1) is 23.2 Å². The van der Waals surface area contributed by atoms with Crippen molar-refractivity contribution in [3.8, 4) is 17.6 Å². The van der Waals surface area contributed by atoms with Gasteiger partial charge >= 0.3 is 0 Å². The summed E-state index contributed by atoms with van der Waals surface area (Å²) < 4.78 is 10.3. The Morgan fingerprint density at radius 2 is 1.89 bits per heavy atom. The molecule has 1 unspecified atom stereocenters. The zero-order valence-electron chi connectivity index (χ0n) is 11.6. The van der Waals surface area contributed by atoms with Gasteiger partial charge in [0.2, 0.25) is 5.91 Å². The van der Waals surface area contributed by atoms with E-state index >= 15 is 0 Å². The van der Waals surface area contributed by atoms with Gasteiger partial charge in [-0.25, -0.2) is 0 Å². The van der Waals surface area contributed by atoms with Crippen molar-refractivity contribution in [1.29, 1.82) is 5.26 Å². The zero-order chi connectivity index (χ0) is 14.4. The van der Waals surface area contributed by atoms with E-state index in [1.807, 2.05) is 19.9 Å². The van der Waals surface area contributed by atoms with Gasteiger partial charge in [-0.3, -0.25) is 4.79 Å². The molecule has 0 bridgehead atoms. The first kappa shape index (κ1) is 14.8. The number of carbonyl (C=O) groups is 1. The normalized spacial score (nSPS) is 11.6. The van der Waals surface area contributed by atoms with E-state index in [9.17, 15) is 4.79 Å². The lowest BCUT2D eigenvalue weighted by molar-refractivity contribution is -0.119. The van der Waals surface area contributed by atoms with E-state index < -0.39 is 5.92 Å². The van der Waals surface area contributed by atoms with Crippen LogP contribution in [0.15, 0.2) is 18.2 Å². The van der Waals surface area contributed by atoms with Gasteiger partial charge < -0.3 is 14.8 Å². The topological polar surface area (TPSA) is 71.3 Å². The number of rotatable bonds is 5. The molecule has 5 nitrogen and oxygen atoms in total. The van der Waals surface area contributed by atoms with Crippen molar-refractivity contribution < 1.29 is 14.3 Å². The van der Waals surface area contributed by atoms with Gasteiger partial charge in [0.15, 0.2) is 11.5 Å². The first-order valence-electron chi connectivity index (χ1n) is 5.96. The van der Waals surface area contributed by atoms with Crippen LogP contribution in [0.25, 0.3) is 0 Å². The lowest BCUT2D eigenvalue weighted by Crippen LogP contribution is -2.25. The van der Waals surface area contributed by atoms with Gasteiger partial charge in [0, 0.05) is 11.8 Å². The Labute approximate surface area is 113 Å². The van der Waals surface area contributed by atoms with E-state index in [-0.39, 0.29) is 11.8 Å². The van der Waals surface area contributed by atoms with Gasteiger partial charge in [0.25, 0.3) is 0 Å². The fourth-order valence-electron chi connectivity index (χ4n) is 1.64. The molecule has 0 heterocycles. The molecule has 1 atom stereocenters. The van der Waals surface area contributed by atoms with Crippen LogP contribution >= 0.6 is 0 Å². The molecule has 0 aliphatic heterocycles. The molecule has 1 aromatic carbocycles. The summed E-state index contributed by atoms with van der Waals surface area (Å²) in [5.74, 6) is 0.0857. The number of hydrogen-bond acceptors (Lipinski definition) is 4. The Balaban J connectivity index is 2.89. The largest absolute Gasteiger partial charge is 0.493 e. The summed E-state index contributed by atoms with van der Waals surface area (Å²) in [6, 6.07) is 7.06. The van der Waals surface area contributed by atoms with Crippen molar-refractivity contribution in [2.24, 2.45) is 11.8 Å². The predicted octanol–water partition coefficient (Wildman–Crippen LogP) is 2.44. The van der Waals surface area contributed by atoms with E-state index in [4.69, 9.17) is 14.7 Å². The zero-order valence-corrected chi connectivity index (χ0v) is 11.6. The quantitative estimate of drug-likeness (QED) is 0.884. The predicted molar refractivity (Wildman–Crippen MR) is 72.1 cm³/mol. The van der Waals surface area contributed by atoms with Crippen LogP contribution in [0.5, 0.6) is 11.5 Å². The van der Waals surface area contributed by atoms with E-state index in [2.05, 4.69) is 5.32 Å². The second-order valence-corrected chi connectivity index (χ2v) is 4.41.